The fourth-order valence-electron chi connectivity index (χ4n) is 4.46. The second-order valence-corrected chi connectivity index (χ2v) is 7.57. The molecule has 2 N–H and O–H groups in total. The summed E-state index contributed by atoms with van der Waals surface area (Å²) >= 11 is 0. The molecule has 1 atom stereocenters. The molecule has 112 valence electrons. The van der Waals surface area contributed by atoms with Gasteiger partial charge in [-0.2, -0.15) is 0 Å². The van der Waals surface area contributed by atoms with Crippen molar-refractivity contribution in [1.29, 1.82) is 0 Å². The van der Waals surface area contributed by atoms with E-state index in [1.54, 1.807) is 0 Å². The van der Waals surface area contributed by atoms with Gasteiger partial charge in [-0.05, 0) is 56.4 Å². The van der Waals surface area contributed by atoms with E-state index in [0.717, 1.165) is 5.92 Å². The lowest BCUT2D eigenvalue weighted by Crippen LogP contribution is -2.49. The Labute approximate surface area is 120 Å². The topological polar surface area (TPSA) is 24.1 Å². The number of hydrogen-bond donors (Lipinski definition) is 2. The molecule has 0 aromatic rings. The summed E-state index contributed by atoms with van der Waals surface area (Å²) in [5.41, 5.74) is 1.01. The van der Waals surface area contributed by atoms with Crippen molar-refractivity contribution in [2.45, 2.75) is 77.7 Å². The van der Waals surface area contributed by atoms with Crippen molar-refractivity contribution in [2.24, 2.45) is 11.3 Å². The molecule has 19 heavy (non-hydrogen) atoms. The highest BCUT2D eigenvalue weighted by Crippen LogP contribution is 2.42. The smallest absolute Gasteiger partial charge is 0.0304 e. The largest absolute Gasteiger partial charge is 0.314 e. The highest BCUT2D eigenvalue weighted by molar-refractivity contribution is 4.95. The van der Waals surface area contributed by atoms with E-state index in [2.05, 4.69) is 31.4 Å². The van der Waals surface area contributed by atoms with Crippen molar-refractivity contribution in [3.63, 3.8) is 0 Å². The first kappa shape index (κ1) is 15.3. The SMILES string of the molecule is CCC1(CNCC2(CC(C)C)CCCC2)CCCN1. The van der Waals surface area contributed by atoms with Crippen LogP contribution in [0.3, 0.4) is 0 Å². The first-order valence-electron chi connectivity index (χ1n) is 8.56. The Morgan fingerprint density at radius 2 is 1.79 bits per heavy atom. The highest BCUT2D eigenvalue weighted by atomic mass is 15.1. The summed E-state index contributed by atoms with van der Waals surface area (Å²) in [5, 5.41) is 7.58. The Bertz CT molecular complexity index is 260. The van der Waals surface area contributed by atoms with Gasteiger partial charge in [-0.1, -0.05) is 33.6 Å². The average molecular weight is 266 g/mol. The zero-order valence-electron chi connectivity index (χ0n) is 13.4. The van der Waals surface area contributed by atoms with Crippen LogP contribution in [0, 0.1) is 11.3 Å². The molecule has 0 bridgehead atoms. The fourth-order valence-corrected chi connectivity index (χ4v) is 4.46. The van der Waals surface area contributed by atoms with Gasteiger partial charge < -0.3 is 10.6 Å². The van der Waals surface area contributed by atoms with E-state index in [0.29, 0.717) is 11.0 Å². The van der Waals surface area contributed by atoms with Gasteiger partial charge in [0.25, 0.3) is 0 Å². The standard InChI is InChI=1S/C17H34N2/c1-4-17(10-7-11-19-17)14-18-13-16(12-15(2)3)8-5-6-9-16/h15,18-19H,4-14H2,1-3H3. The van der Waals surface area contributed by atoms with E-state index < -0.39 is 0 Å². The van der Waals surface area contributed by atoms with Gasteiger partial charge in [-0.15, -0.1) is 0 Å². The van der Waals surface area contributed by atoms with Crippen molar-refractivity contribution in [3.8, 4) is 0 Å². The van der Waals surface area contributed by atoms with E-state index >= 15 is 0 Å². The van der Waals surface area contributed by atoms with Crippen LogP contribution in [-0.2, 0) is 0 Å². The molecule has 2 nitrogen and oxygen atoms in total. The fraction of sp³-hybridized carbons (Fsp3) is 1.00. The Hall–Kier alpha value is -0.0800. The first-order valence-corrected chi connectivity index (χ1v) is 8.56. The third-order valence-corrected chi connectivity index (χ3v) is 5.48. The van der Waals surface area contributed by atoms with Gasteiger partial charge >= 0.3 is 0 Å². The molecular formula is C17H34N2. The van der Waals surface area contributed by atoms with Gasteiger partial charge in [0.15, 0.2) is 0 Å². The third kappa shape index (κ3) is 3.95. The number of hydrogen-bond acceptors (Lipinski definition) is 2. The van der Waals surface area contributed by atoms with Gasteiger partial charge in [0, 0.05) is 18.6 Å². The second kappa shape index (κ2) is 6.58. The molecule has 1 aliphatic heterocycles. The molecule has 1 saturated carbocycles. The van der Waals surface area contributed by atoms with E-state index in [1.807, 2.05) is 0 Å². The quantitative estimate of drug-likeness (QED) is 0.734. The normalized spacial score (nSPS) is 30.3. The Balaban J connectivity index is 1.82. The van der Waals surface area contributed by atoms with Crippen LogP contribution in [-0.4, -0.2) is 25.2 Å². The van der Waals surface area contributed by atoms with Gasteiger partial charge in [-0.25, -0.2) is 0 Å². The zero-order chi connectivity index (χ0) is 13.8. The molecule has 2 heteroatoms. The molecule has 1 heterocycles. The molecule has 0 amide bonds. The summed E-state index contributed by atoms with van der Waals surface area (Å²) < 4.78 is 0. The minimum Gasteiger partial charge on any atom is -0.314 e. The van der Waals surface area contributed by atoms with Crippen molar-refractivity contribution >= 4 is 0 Å². The Morgan fingerprint density at radius 1 is 1.05 bits per heavy atom. The highest BCUT2D eigenvalue weighted by Gasteiger charge is 2.36. The van der Waals surface area contributed by atoms with Crippen LogP contribution < -0.4 is 10.6 Å². The van der Waals surface area contributed by atoms with Crippen LogP contribution in [0.15, 0.2) is 0 Å². The summed E-state index contributed by atoms with van der Waals surface area (Å²) in [6.07, 6.45) is 11.2. The summed E-state index contributed by atoms with van der Waals surface area (Å²) in [4.78, 5) is 0. The molecular weight excluding hydrogens is 232 g/mol. The van der Waals surface area contributed by atoms with Gasteiger partial charge in [0.05, 0.1) is 0 Å². The lowest BCUT2D eigenvalue weighted by molar-refractivity contribution is 0.212. The second-order valence-electron chi connectivity index (χ2n) is 7.57. The molecule has 2 aliphatic rings. The molecule has 0 aromatic heterocycles. The van der Waals surface area contributed by atoms with Crippen LogP contribution in [0.5, 0.6) is 0 Å². The van der Waals surface area contributed by atoms with Crippen molar-refractivity contribution < 1.29 is 0 Å². The van der Waals surface area contributed by atoms with Gasteiger partial charge in [0.1, 0.15) is 0 Å². The maximum atomic E-state index is 3.84. The monoisotopic (exact) mass is 266 g/mol. The van der Waals surface area contributed by atoms with E-state index in [9.17, 15) is 0 Å². The zero-order valence-corrected chi connectivity index (χ0v) is 13.4. The summed E-state index contributed by atoms with van der Waals surface area (Å²) in [6, 6.07) is 0. The summed E-state index contributed by atoms with van der Waals surface area (Å²) in [7, 11) is 0. The van der Waals surface area contributed by atoms with Crippen LogP contribution >= 0.6 is 0 Å². The van der Waals surface area contributed by atoms with Crippen molar-refractivity contribution in [3.05, 3.63) is 0 Å². The molecule has 1 aliphatic carbocycles. The van der Waals surface area contributed by atoms with Crippen molar-refractivity contribution in [2.75, 3.05) is 19.6 Å². The molecule has 0 aromatic carbocycles. The molecule has 1 saturated heterocycles. The maximum Gasteiger partial charge on any atom is 0.0304 e. The minimum atomic E-state index is 0.400. The average Bonchev–Trinajstić information content (AvgIpc) is 2.99. The van der Waals surface area contributed by atoms with Crippen LogP contribution in [0.4, 0.5) is 0 Å². The lowest BCUT2D eigenvalue weighted by Gasteiger charge is -2.34. The third-order valence-electron chi connectivity index (χ3n) is 5.48. The lowest BCUT2D eigenvalue weighted by atomic mass is 9.78. The minimum absolute atomic E-state index is 0.400. The number of rotatable bonds is 7. The van der Waals surface area contributed by atoms with E-state index in [4.69, 9.17) is 0 Å². The number of nitrogens with one attached hydrogen (secondary N) is 2. The molecule has 1 unspecified atom stereocenters. The molecule has 0 spiro atoms. The van der Waals surface area contributed by atoms with Crippen LogP contribution in [0.1, 0.15) is 72.1 Å². The maximum absolute atomic E-state index is 3.84. The predicted octanol–water partition coefficient (Wildman–Crippen LogP) is 3.71. The first-order chi connectivity index (χ1) is 9.10. The van der Waals surface area contributed by atoms with Gasteiger partial charge in [0.2, 0.25) is 0 Å². The summed E-state index contributed by atoms with van der Waals surface area (Å²) in [6.45, 7) is 10.7. The van der Waals surface area contributed by atoms with Gasteiger partial charge in [-0.3, -0.25) is 0 Å². The van der Waals surface area contributed by atoms with Crippen molar-refractivity contribution in [1.82, 2.24) is 10.6 Å². The van der Waals surface area contributed by atoms with E-state index in [1.165, 1.54) is 71.0 Å². The molecule has 2 rings (SSSR count). The predicted molar refractivity (Wildman–Crippen MR) is 83.5 cm³/mol. The van der Waals surface area contributed by atoms with E-state index in [-0.39, 0.29) is 0 Å². The Kier molecular flexibility index (Phi) is 5.30. The summed E-state index contributed by atoms with van der Waals surface area (Å²) in [5.74, 6) is 0.838. The molecule has 0 radical (unpaired) electrons. The molecule has 2 fully saturated rings. The van der Waals surface area contributed by atoms with Crippen LogP contribution in [0.2, 0.25) is 0 Å². The Morgan fingerprint density at radius 3 is 2.32 bits per heavy atom. The van der Waals surface area contributed by atoms with Crippen LogP contribution in [0.25, 0.3) is 0 Å².